The molecular weight excluding hydrogens is 515 g/mol. The van der Waals surface area contributed by atoms with E-state index < -0.39 is 28.6 Å². The third-order valence-corrected chi connectivity index (χ3v) is 7.33. The zero-order valence-corrected chi connectivity index (χ0v) is 22.3. The summed E-state index contributed by atoms with van der Waals surface area (Å²) in [7, 11) is 0. The number of phenolic OH excluding ortho intramolecular Hbond substituents is 1. The second-order valence-corrected chi connectivity index (χ2v) is 10.4. The summed E-state index contributed by atoms with van der Waals surface area (Å²) in [5.74, 6) is -1.38. The van der Waals surface area contributed by atoms with E-state index in [0.717, 1.165) is 5.69 Å². The Bertz CT molecular complexity index is 1650. The monoisotopic (exact) mass is 544 g/mol. The van der Waals surface area contributed by atoms with E-state index in [1.54, 1.807) is 25.1 Å². The van der Waals surface area contributed by atoms with Gasteiger partial charge in [0, 0.05) is 27.8 Å². The van der Waals surface area contributed by atoms with Gasteiger partial charge in [-0.3, -0.25) is 9.59 Å². The molecule has 5 rings (SSSR count). The summed E-state index contributed by atoms with van der Waals surface area (Å²) in [6.45, 7) is 4.80. The number of phenols is 1. The number of nitrogens with one attached hydrogen (secondary N) is 1. The molecule has 0 aliphatic carbocycles. The summed E-state index contributed by atoms with van der Waals surface area (Å²) in [6.07, 6.45) is 0.705. The first kappa shape index (κ1) is 27.0. The van der Waals surface area contributed by atoms with Gasteiger partial charge in [-0.2, -0.15) is 0 Å². The fourth-order valence-corrected chi connectivity index (χ4v) is 4.70. The first-order chi connectivity index (χ1) is 18.9. The number of aromatic nitrogens is 2. The Kier molecular flexibility index (Phi) is 6.67. The zero-order chi connectivity index (χ0) is 28.8. The number of hydrogen-bond acceptors (Lipinski definition) is 7. The largest absolute Gasteiger partial charge is 0.506 e. The van der Waals surface area contributed by atoms with Crippen LogP contribution in [0.15, 0.2) is 54.6 Å². The third-order valence-electron chi connectivity index (χ3n) is 7.33. The summed E-state index contributed by atoms with van der Waals surface area (Å²) in [4.78, 5) is 34.5. The second kappa shape index (κ2) is 9.87. The fraction of sp³-hybridized carbons (Fsp3) is 0.267. The molecule has 0 bridgehead atoms. The van der Waals surface area contributed by atoms with E-state index in [1.165, 1.54) is 37.3 Å². The number of rotatable bonds is 7. The number of halogens is 1. The molecule has 0 fully saturated rings. The highest BCUT2D eigenvalue weighted by molar-refractivity contribution is 5.99. The van der Waals surface area contributed by atoms with Crippen LogP contribution in [-0.2, 0) is 22.2 Å². The molecule has 4 aromatic rings. The maximum atomic E-state index is 13.6. The highest BCUT2D eigenvalue weighted by Gasteiger charge is 2.45. The predicted molar refractivity (Wildman–Crippen MR) is 146 cm³/mol. The predicted octanol–water partition coefficient (Wildman–Crippen LogP) is 3.48. The summed E-state index contributed by atoms with van der Waals surface area (Å²) in [6, 6.07) is 13.7. The van der Waals surface area contributed by atoms with Gasteiger partial charge in [0.2, 0.25) is 5.91 Å². The molecule has 40 heavy (non-hydrogen) atoms. The molecule has 5 N–H and O–H groups in total. The van der Waals surface area contributed by atoms with Crippen molar-refractivity contribution in [2.75, 3.05) is 13.2 Å². The lowest BCUT2D eigenvalue weighted by Crippen LogP contribution is -2.41. The average molecular weight is 545 g/mol. The molecule has 1 aliphatic rings. The topological polar surface area (TPSA) is 148 Å². The minimum atomic E-state index is -1.70. The lowest BCUT2D eigenvalue weighted by molar-refractivity contribution is -0.123. The van der Waals surface area contributed by atoms with E-state index in [2.05, 4.69) is 15.3 Å². The van der Waals surface area contributed by atoms with E-state index >= 15 is 0 Å². The number of fused-ring (bicyclic) bond motifs is 2. The molecule has 2 aromatic carbocycles. The van der Waals surface area contributed by atoms with E-state index in [9.17, 15) is 24.2 Å². The average Bonchev–Trinajstić information content (AvgIpc) is 3.29. The number of primary amides is 1. The van der Waals surface area contributed by atoms with E-state index in [0.29, 0.717) is 39.9 Å². The number of aromatic hydroxyl groups is 1. The van der Waals surface area contributed by atoms with Crippen molar-refractivity contribution < 1.29 is 28.9 Å². The van der Waals surface area contributed by atoms with Crippen LogP contribution in [0.25, 0.3) is 22.2 Å². The molecule has 2 amide bonds. The lowest BCUT2D eigenvalue weighted by atomic mass is 9.82. The molecule has 3 heterocycles. The van der Waals surface area contributed by atoms with Crippen molar-refractivity contribution in [1.82, 2.24) is 15.3 Å². The van der Waals surface area contributed by atoms with Crippen molar-refractivity contribution in [3.8, 4) is 22.8 Å². The Balaban J connectivity index is 1.47. The molecule has 10 heteroatoms. The van der Waals surface area contributed by atoms with Crippen molar-refractivity contribution in [2.45, 2.75) is 38.2 Å². The van der Waals surface area contributed by atoms with Crippen molar-refractivity contribution in [3.63, 3.8) is 0 Å². The highest BCUT2D eigenvalue weighted by atomic mass is 19.1. The van der Waals surface area contributed by atoms with Crippen LogP contribution in [0, 0.1) is 5.82 Å². The number of aryl methyl sites for hydroxylation is 1. The van der Waals surface area contributed by atoms with Crippen LogP contribution in [-0.4, -0.2) is 45.1 Å². The van der Waals surface area contributed by atoms with Crippen LogP contribution in [0.4, 0.5) is 4.39 Å². The van der Waals surface area contributed by atoms with Gasteiger partial charge in [0.1, 0.15) is 46.1 Å². The third kappa shape index (κ3) is 4.71. The molecule has 0 unspecified atom stereocenters. The van der Waals surface area contributed by atoms with Gasteiger partial charge in [-0.25, -0.2) is 14.4 Å². The first-order valence-corrected chi connectivity index (χ1v) is 12.8. The molecule has 9 nitrogen and oxygen atoms in total. The number of amides is 2. The number of ether oxygens (including phenoxy) is 1. The number of hydrogen-bond donors (Lipinski definition) is 4. The van der Waals surface area contributed by atoms with Crippen LogP contribution in [0.3, 0.4) is 0 Å². The van der Waals surface area contributed by atoms with Crippen LogP contribution >= 0.6 is 0 Å². The quantitative estimate of drug-likeness (QED) is 0.278. The van der Waals surface area contributed by atoms with Crippen LogP contribution in [0.1, 0.15) is 48.1 Å². The number of benzene rings is 2. The van der Waals surface area contributed by atoms with Crippen LogP contribution in [0.2, 0.25) is 0 Å². The van der Waals surface area contributed by atoms with Crippen LogP contribution in [0.5, 0.6) is 11.5 Å². The van der Waals surface area contributed by atoms with Gasteiger partial charge in [0.25, 0.3) is 5.91 Å². The second-order valence-electron chi connectivity index (χ2n) is 10.4. The maximum absolute atomic E-state index is 13.6. The molecule has 206 valence electrons. The number of pyridine rings is 2. The number of nitrogens with two attached hydrogens (primary N) is 1. The summed E-state index contributed by atoms with van der Waals surface area (Å²) in [5, 5.41) is 25.3. The molecule has 2 aromatic heterocycles. The van der Waals surface area contributed by atoms with Crippen molar-refractivity contribution >= 4 is 22.7 Å². The van der Waals surface area contributed by atoms with Crippen molar-refractivity contribution in [1.29, 1.82) is 0 Å². The Morgan fingerprint density at radius 2 is 1.88 bits per heavy atom. The minimum Gasteiger partial charge on any atom is -0.506 e. The lowest BCUT2D eigenvalue weighted by Gasteiger charge is -2.26. The number of nitrogens with zero attached hydrogens (tertiary/aromatic N) is 2. The van der Waals surface area contributed by atoms with Gasteiger partial charge in [0.15, 0.2) is 0 Å². The number of aliphatic hydroxyl groups is 1. The molecule has 0 spiro atoms. The molecular formula is C30H29FN4O5. The molecule has 0 saturated carbocycles. The zero-order valence-electron chi connectivity index (χ0n) is 22.3. The van der Waals surface area contributed by atoms with Gasteiger partial charge in [-0.05, 0) is 68.8 Å². The Hall–Kier alpha value is -4.57. The highest BCUT2D eigenvalue weighted by Crippen LogP contribution is 2.45. The van der Waals surface area contributed by atoms with Crippen LogP contribution < -0.4 is 15.8 Å². The Labute approximate surface area is 229 Å². The first-order valence-electron chi connectivity index (χ1n) is 12.8. The molecule has 0 radical (unpaired) electrons. The Morgan fingerprint density at radius 1 is 1.15 bits per heavy atom. The van der Waals surface area contributed by atoms with Gasteiger partial charge < -0.3 is 26.0 Å². The van der Waals surface area contributed by atoms with Crippen molar-refractivity contribution in [2.24, 2.45) is 5.73 Å². The van der Waals surface area contributed by atoms with E-state index in [-0.39, 0.29) is 30.2 Å². The fourth-order valence-electron chi connectivity index (χ4n) is 4.70. The number of carbonyl (C=O) groups excluding carboxylic acids is 2. The van der Waals surface area contributed by atoms with E-state index in [1.807, 2.05) is 13.0 Å². The van der Waals surface area contributed by atoms with Crippen molar-refractivity contribution in [3.05, 3.63) is 82.9 Å². The van der Waals surface area contributed by atoms with Gasteiger partial charge >= 0.3 is 0 Å². The standard InChI is InChI=1S/C30H29FN4O5/c1-4-20-10-7-17-11-18(12-22(36)24(17)34-20)27(37)33-14-30(3,39)23-13-21-26(40-15-29(21,2)28(32)38)25(35-23)16-5-8-19(31)9-6-16/h5-13,36,39H,4,14-15H2,1-3H3,(H2,32,38)(H,33,37)/t29-,30-/m0/s1. The minimum absolute atomic E-state index is 0.0179. The maximum Gasteiger partial charge on any atom is 0.251 e. The van der Waals surface area contributed by atoms with Gasteiger partial charge in [0.05, 0.1) is 12.2 Å². The molecule has 2 atom stereocenters. The summed E-state index contributed by atoms with van der Waals surface area (Å²) < 4.78 is 19.5. The summed E-state index contributed by atoms with van der Waals surface area (Å²) >= 11 is 0. The number of carbonyl (C=O) groups is 2. The normalized spacial score (nSPS) is 17.6. The molecule has 0 saturated heterocycles. The van der Waals surface area contributed by atoms with E-state index in [4.69, 9.17) is 10.5 Å². The Morgan fingerprint density at radius 3 is 2.55 bits per heavy atom. The van der Waals surface area contributed by atoms with Gasteiger partial charge in [-0.15, -0.1) is 0 Å². The SMILES string of the molecule is CCc1ccc2cc(C(=O)NC[C@](C)(O)c3cc4c(c(-c5ccc(F)cc5)n3)OC[C@]4(C)C(N)=O)cc(O)c2n1. The summed E-state index contributed by atoms with van der Waals surface area (Å²) in [5.41, 5.74) is 5.65. The molecule has 1 aliphatic heterocycles. The smallest absolute Gasteiger partial charge is 0.251 e. The van der Waals surface area contributed by atoms with Gasteiger partial charge in [-0.1, -0.05) is 13.0 Å².